The van der Waals surface area contributed by atoms with E-state index in [1.54, 1.807) is 24.3 Å². The second kappa shape index (κ2) is 6.42. The first-order valence-electron chi connectivity index (χ1n) is 7.33. The lowest BCUT2D eigenvalue weighted by molar-refractivity contribution is -0.298. The normalized spacial score (nSPS) is 15.5. The fourth-order valence-electron chi connectivity index (χ4n) is 2.27. The molecule has 24 heavy (non-hydrogen) atoms. The van der Waals surface area contributed by atoms with Crippen molar-refractivity contribution in [2.24, 2.45) is 0 Å². The molecule has 5 heteroatoms. The zero-order chi connectivity index (χ0) is 17.1. The molecule has 1 aliphatic heterocycles. The summed E-state index contributed by atoms with van der Waals surface area (Å²) in [5.41, 5.74) is 1.91. The van der Waals surface area contributed by atoms with Gasteiger partial charge in [0.2, 0.25) is 11.7 Å². The average Bonchev–Trinajstić information content (AvgIpc) is 2.86. The number of carboxylic acid groups (broad SMARTS) is 1. The van der Waals surface area contributed by atoms with Crippen molar-refractivity contribution < 1.29 is 19.4 Å². The van der Waals surface area contributed by atoms with Crippen LogP contribution in [0.25, 0.3) is 6.08 Å². The van der Waals surface area contributed by atoms with E-state index in [-0.39, 0.29) is 11.6 Å². The number of hydrogen-bond acceptors (Lipinski definition) is 5. The van der Waals surface area contributed by atoms with Gasteiger partial charge in [-0.1, -0.05) is 48.0 Å². The summed E-state index contributed by atoms with van der Waals surface area (Å²) < 4.78 is 5.44. The minimum atomic E-state index is -1.58. The SMILES string of the molecule is Cc1ccc(/C=C2\OC(Nc3ccccc3)=C(C(=O)[O-])C2=O)cc1. The van der Waals surface area contributed by atoms with Gasteiger partial charge in [0.1, 0.15) is 5.57 Å². The Balaban J connectivity index is 1.91. The Hall–Kier alpha value is -3.34. The Bertz CT molecular complexity index is 849. The summed E-state index contributed by atoms with van der Waals surface area (Å²) >= 11 is 0. The zero-order valence-corrected chi connectivity index (χ0v) is 12.9. The van der Waals surface area contributed by atoms with Crippen LogP contribution in [0.3, 0.4) is 0 Å². The first-order chi connectivity index (χ1) is 11.5. The molecule has 0 unspecified atom stereocenters. The van der Waals surface area contributed by atoms with Crippen LogP contribution in [0, 0.1) is 6.92 Å². The second-order valence-corrected chi connectivity index (χ2v) is 5.33. The van der Waals surface area contributed by atoms with Gasteiger partial charge < -0.3 is 20.0 Å². The molecule has 0 saturated carbocycles. The summed E-state index contributed by atoms with van der Waals surface area (Å²) in [6.07, 6.45) is 1.50. The van der Waals surface area contributed by atoms with E-state index >= 15 is 0 Å². The molecule has 3 rings (SSSR count). The monoisotopic (exact) mass is 320 g/mol. The number of anilines is 1. The number of carbonyl (C=O) groups is 2. The molecule has 1 N–H and O–H groups in total. The Labute approximate surface area is 138 Å². The molecule has 2 aromatic carbocycles. The van der Waals surface area contributed by atoms with Crippen LogP contribution in [0.4, 0.5) is 5.69 Å². The maximum Gasteiger partial charge on any atom is 0.235 e. The third kappa shape index (κ3) is 3.20. The fourth-order valence-corrected chi connectivity index (χ4v) is 2.27. The van der Waals surface area contributed by atoms with E-state index in [1.165, 1.54) is 6.08 Å². The number of aliphatic carboxylic acids is 1. The molecule has 5 nitrogen and oxygen atoms in total. The van der Waals surface area contributed by atoms with Crippen molar-refractivity contribution in [3.05, 3.63) is 82.9 Å². The van der Waals surface area contributed by atoms with Crippen LogP contribution in [-0.4, -0.2) is 11.8 Å². The molecule has 1 heterocycles. The number of hydrogen-bond donors (Lipinski definition) is 1. The standard InChI is InChI=1S/C19H15NO4/c1-12-7-9-13(10-8-12)11-15-17(21)16(19(22)23)18(24-15)20-14-5-3-2-4-6-14/h2-11,20H,1H3,(H,22,23)/p-1/b15-11-. The Morgan fingerprint density at radius 3 is 2.38 bits per heavy atom. The van der Waals surface area contributed by atoms with Crippen molar-refractivity contribution in [2.75, 3.05) is 5.32 Å². The highest BCUT2D eigenvalue weighted by molar-refractivity contribution is 6.25. The molecular weight excluding hydrogens is 306 g/mol. The number of Topliss-reactive ketones (excluding diaryl/α,β-unsaturated/α-hetero) is 1. The largest absolute Gasteiger partial charge is 0.544 e. The van der Waals surface area contributed by atoms with Crippen LogP contribution < -0.4 is 10.4 Å². The number of para-hydroxylation sites is 1. The number of allylic oxidation sites excluding steroid dienone is 1. The molecule has 1 aliphatic rings. The van der Waals surface area contributed by atoms with E-state index in [1.807, 2.05) is 37.3 Å². The highest BCUT2D eigenvalue weighted by atomic mass is 16.5. The molecule has 0 fully saturated rings. The van der Waals surface area contributed by atoms with Crippen LogP contribution in [-0.2, 0) is 14.3 Å². The molecule has 0 spiro atoms. The van der Waals surface area contributed by atoms with E-state index in [2.05, 4.69) is 5.32 Å². The number of carboxylic acids is 1. The average molecular weight is 320 g/mol. The number of rotatable bonds is 4. The number of ketones is 1. The van der Waals surface area contributed by atoms with Crippen molar-refractivity contribution in [3.63, 3.8) is 0 Å². The van der Waals surface area contributed by atoms with Crippen molar-refractivity contribution in [3.8, 4) is 0 Å². The minimum Gasteiger partial charge on any atom is -0.544 e. The molecule has 0 atom stereocenters. The van der Waals surface area contributed by atoms with Gasteiger partial charge in [0.15, 0.2) is 5.76 Å². The molecule has 0 radical (unpaired) electrons. The van der Waals surface area contributed by atoms with Crippen LogP contribution in [0.5, 0.6) is 0 Å². The van der Waals surface area contributed by atoms with Crippen LogP contribution in [0.2, 0.25) is 0 Å². The van der Waals surface area contributed by atoms with Gasteiger partial charge in [0.25, 0.3) is 0 Å². The number of aryl methyl sites for hydroxylation is 1. The van der Waals surface area contributed by atoms with E-state index in [0.29, 0.717) is 5.69 Å². The maximum atomic E-state index is 12.3. The molecule has 120 valence electrons. The molecule has 0 amide bonds. The van der Waals surface area contributed by atoms with Crippen molar-refractivity contribution in [1.29, 1.82) is 0 Å². The van der Waals surface area contributed by atoms with E-state index in [4.69, 9.17) is 4.74 Å². The van der Waals surface area contributed by atoms with Gasteiger partial charge >= 0.3 is 0 Å². The Morgan fingerprint density at radius 2 is 1.75 bits per heavy atom. The summed E-state index contributed by atoms with van der Waals surface area (Å²) in [7, 11) is 0. The minimum absolute atomic E-state index is 0.0588. The summed E-state index contributed by atoms with van der Waals surface area (Å²) in [5, 5.41) is 14.1. The first-order valence-corrected chi connectivity index (χ1v) is 7.33. The fraction of sp³-hybridized carbons (Fsp3) is 0.0526. The van der Waals surface area contributed by atoms with Gasteiger partial charge in [-0.15, -0.1) is 0 Å². The molecule has 0 bridgehead atoms. The van der Waals surface area contributed by atoms with E-state index in [9.17, 15) is 14.7 Å². The molecule has 0 aliphatic carbocycles. The van der Waals surface area contributed by atoms with Crippen molar-refractivity contribution >= 4 is 23.5 Å². The smallest absolute Gasteiger partial charge is 0.235 e. The quantitative estimate of drug-likeness (QED) is 0.689. The van der Waals surface area contributed by atoms with Gasteiger partial charge in [-0.25, -0.2) is 0 Å². The van der Waals surface area contributed by atoms with Crippen LogP contribution >= 0.6 is 0 Å². The van der Waals surface area contributed by atoms with E-state index < -0.39 is 17.3 Å². The zero-order valence-electron chi connectivity index (χ0n) is 12.9. The van der Waals surface area contributed by atoms with Gasteiger partial charge in [0, 0.05) is 5.69 Å². The van der Waals surface area contributed by atoms with Crippen molar-refractivity contribution in [1.82, 2.24) is 0 Å². The highest BCUT2D eigenvalue weighted by Crippen LogP contribution is 2.27. The second-order valence-electron chi connectivity index (χ2n) is 5.33. The van der Waals surface area contributed by atoms with Gasteiger partial charge in [-0.05, 0) is 30.7 Å². The lowest BCUT2D eigenvalue weighted by atomic mass is 10.1. The summed E-state index contributed by atoms with van der Waals surface area (Å²) in [6.45, 7) is 1.95. The van der Waals surface area contributed by atoms with Gasteiger partial charge in [-0.3, -0.25) is 4.79 Å². The van der Waals surface area contributed by atoms with E-state index in [0.717, 1.165) is 11.1 Å². The molecular formula is C19H14NO4-. The number of carbonyl (C=O) groups excluding carboxylic acids is 2. The Kier molecular flexibility index (Phi) is 4.16. The van der Waals surface area contributed by atoms with Crippen LogP contribution in [0.15, 0.2) is 71.8 Å². The third-order valence-electron chi connectivity index (χ3n) is 3.50. The lowest BCUT2D eigenvalue weighted by Gasteiger charge is -2.08. The number of ether oxygens (including phenoxy) is 1. The predicted octanol–water partition coefficient (Wildman–Crippen LogP) is 2.01. The first kappa shape index (κ1) is 15.6. The maximum absolute atomic E-state index is 12.3. The number of benzene rings is 2. The summed E-state index contributed by atoms with van der Waals surface area (Å²) in [4.78, 5) is 23.6. The van der Waals surface area contributed by atoms with Crippen LogP contribution in [0.1, 0.15) is 11.1 Å². The summed E-state index contributed by atoms with van der Waals surface area (Å²) in [6, 6.07) is 16.3. The molecule has 0 aromatic heterocycles. The topological polar surface area (TPSA) is 78.5 Å². The molecule has 2 aromatic rings. The molecule has 0 saturated heterocycles. The third-order valence-corrected chi connectivity index (χ3v) is 3.50. The van der Waals surface area contributed by atoms with Gasteiger partial charge in [0.05, 0.1) is 5.97 Å². The van der Waals surface area contributed by atoms with Crippen molar-refractivity contribution in [2.45, 2.75) is 6.92 Å². The van der Waals surface area contributed by atoms with Gasteiger partial charge in [-0.2, -0.15) is 0 Å². The number of nitrogens with one attached hydrogen (secondary N) is 1. The lowest BCUT2D eigenvalue weighted by Crippen LogP contribution is -2.28. The predicted molar refractivity (Wildman–Crippen MR) is 87.3 cm³/mol. The highest BCUT2D eigenvalue weighted by Gasteiger charge is 2.31. The summed E-state index contributed by atoms with van der Waals surface area (Å²) in [5.74, 6) is -2.49. The Morgan fingerprint density at radius 1 is 1.08 bits per heavy atom.